The number of aryl methyl sites for hydroxylation is 1. The first kappa shape index (κ1) is 19.0. The summed E-state index contributed by atoms with van der Waals surface area (Å²) >= 11 is 0. The van der Waals surface area contributed by atoms with Gasteiger partial charge in [-0.1, -0.05) is 42.0 Å². The Bertz CT molecular complexity index is 1040. The highest BCUT2D eigenvalue weighted by molar-refractivity contribution is 6.08. The molecular formula is C24H24N2O3. The van der Waals surface area contributed by atoms with E-state index in [2.05, 4.69) is 10.6 Å². The molecule has 4 rings (SSSR count). The van der Waals surface area contributed by atoms with Crippen LogP contribution in [-0.2, 0) is 4.79 Å². The average molecular weight is 388 g/mol. The maximum absolute atomic E-state index is 12.8. The van der Waals surface area contributed by atoms with Crippen molar-refractivity contribution in [3.63, 3.8) is 0 Å². The molecule has 148 valence electrons. The third-order valence-corrected chi connectivity index (χ3v) is 5.01. The second-order valence-electron chi connectivity index (χ2n) is 7.43. The van der Waals surface area contributed by atoms with E-state index >= 15 is 0 Å². The fraction of sp³-hybridized carbons (Fsp3) is 0.250. The minimum absolute atomic E-state index is 0.0166. The molecule has 0 heterocycles. The highest BCUT2D eigenvalue weighted by Crippen LogP contribution is 2.32. The standard InChI is InChI=1S/C24H24N2O3/c1-16-6-10-20(11-7-16)29-13-12-25-24(28)21-14-18-4-2-3-5-19(18)15-22(21)26-23(27)17-8-9-17/h2-7,10-11,14-15,17H,8-9,12-13H2,1H3,(H,25,28)(H,26,27). The van der Waals surface area contributed by atoms with E-state index < -0.39 is 0 Å². The molecule has 5 nitrogen and oxygen atoms in total. The van der Waals surface area contributed by atoms with Crippen molar-refractivity contribution in [2.75, 3.05) is 18.5 Å². The van der Waals surface area contributed by atoms with Gasteiger partial charge in [-0.05, 0) is 54.8 Å². The molecule has 0 aromatic heterocycles. The van der Waals surface area contributed by atoms with E-state index in [1.807, 2.05) is 67.6 Å². The maximum atomic E-state index is 12.8. The molecule has 0 saturated heterocycles. The smallest absolute Gasteiger partial charge is 0.253 e. The number of carbonyl (C=O) groups is 2. The number of anilines is 1. The lowest BCUT2D eigenvalue weighted by molar-refractivity contribution is -0.117. The molecule has 0 unspecified atom stereocenters. The van der Waals surface area contributed by atoms with Crippen LogP contribution in [0.25, 0.3) is 10.8 Å². The van der Waals surface area contributed by atoms with E-state index in [4.69, 9.17) is 4.74 Å². The van der Waals surface area contributed by atoms with Crippen LogP contribution in [0, 0.1) is 12.8 Å². The molecule has 0 radical (unpaired) electrons. The van der Waals surface area contributed by atoms with Gasteiger partial charge in [0.2, 0.25) is 5.91 Å². The maximum Gasteiger partial charge on any atom is 0.253 e. The van der Waals surface area contributed by atoms with Crippen molar-refractivity contribution in [2.24, 2.45) is 5.92 Å². The van der Waals surface area contributed by atoms with Gasteiger partial charge in [0.1, 0.15) is 12.4 Å². The zero-order chi connectivity index (χ0) is 20.2. The number of amides is 2. The third-order valence-electron chi connectivity index (χ3n) is 5.01. The Labute approximate surface area is 170 Å². The number of carbonyl (C=O) groups excluding carboxylic acids is 2. The number of ether oxygens (including phenoxy) is 1. The van der Waals surface area contributed by atoms with Crippen molar-refractivity contribution in [1.29, 1.82) is 0 Å². The zero-order valence-electron chi connectivity index (χ0n) is 16.4. The van der Waals surface area contributed by atoms with Crippen LogP contribution < -0.4 is 15.4 Å². The van der Waals surface area contributed by atoms with Crippen molar-refractivity contribution in [3.05, 3.63) is 71.8 Å². The predicted molar refractivity (Wildman–Crippen MR) is 114 cm³/mol. The highest BCUT2D eigenvalue weighted by Gasteiger charge is 2.30. The Hall–Kier alpha value is -3.34. The summed E-state index contributed by atoms with van der Waals surface area (Å²) in [6.45, 7) is 2.76. The summed E-state index contributed by atoms with van der Waals surface area (Å²) in [6.07, 6.45) is 1.83. The van der Waals surface area contributed by atoms with Gasteiger partial charge in [0.25, 0.3) is 5.91 Å². The zero-order valence-corrected chi connectivity index (χ0v) is 16.4. The van der Waals surface area contributed by atoms with Crippen molar-refractivity contribution < 1.29 is 14.3 Å². The van der Waals surface area contributed by atoms with Gasteiger partial charge in [0, 0.05) is 5.92 Å². The van der Waals surface area contributed by atoms with E-state index in [-0.39, 0.29) is 17.7 Å². The number of benzene rings is 3. The summed E-state index contributed by atoms with van der Waals surface area (Å²) in [6, 6.07) is 19.3. The van der Waals surface area contributed by atoms with Crippen LogP contribution >= 0.6 is 0 Å². The molecule has 0 bridgehead atoms. The van der Waals surface area contributed by atoms with Crippen LogP contribution in [0.2, 0.25) is 0 Å². The van der Waals surface area contributed by atoms with Crippen LogP contribution in [0.4, 0.5) is 5.69 Å². The monoisotopic (exact) mass is 388 g/mol. The quantitative estimate of drug-likeness (QED) is 0.593. The highest BCUT2D eigenvalue weighted by atomic mass is 16.5. The van der Waals surface area contributed by atoms with Gasteiger partial charge in [-0.25, -0.2) is 0 Å². The van der Waals surface area contributed by atoms with Crippen molar-refractivity contribution in [2.45, 2.75) is 19.8 Å². The van der Waals surface area contributed by atoms with Crippen molar-refractivity contribution in [3.8, 4) is 5.75 Å². The molecule has 2 N–H and O–H groups in total. The van der Waals surface area contributed by atoms with E-state index in [0.717, 1.165) is 29.4 Å². The molecule has 2 amide bonds. The SMILES string of the molecule is Cc1ccc(OCCNC(=O)c2cc3ccccc3cc2NC(=O)C2CC2)cc1. The summed E-state index contributed by atoms with van der Waals surface area (Å²) in [5.41, 5.74) is 2.19. The Morgan fingerprint density at radius 2 is 1.69 bits per heavy atom. The third kappa shape index (κ3) is 4.74. The number of rotatable bonds is 7. The first-order chi connectivity index (χ1) is 14.1. The first-order valence-electron chi connectivity index (χ1n) is 9.91. The van der Waals surface area contributed by atoms with E-state index in [0.29, 0.717) is 24.4 Å². The van der Waals surface area contributed by atoms with Crippen LogP contribution in [0.5, 0.6) is 5.75 Å². The Balaban J connectivity index is 1.44. The topological polar surface area (TPSA) is 67.4 Å². The normalized spacial score (nSPS) is 13.1. The Kier molecular flexibility index (Phi) is 5.47. The first-order valence-corrected chi connectivity index (χ1v) is 9.91. The molecule has 0 spiro atoms. The van der Waals surface area contributed by atoms with E-state index in [1.54, 1.807) is 0 Å². The van der Waals surface area contributed by atoms with E-state index in [9.17, 15) is 9.59 Å². The van der Waals surface area contributed by atoms with Crippen LogP contribution in [0.3, 0.4) is 0 Å². The van der Waals surface area contributed by atoms with Crippen molar-refractivity contribution in [1.82, 2.24) is 5.32 Å². The lowest BCUT2D eigenvalue weighted by Gasteiger charge is -2.13. The summed E-state index contributed by atoms with van der Waals surface area (Å²) in [5, 5.41) is 7.77. The fourth-order valence-electron chi connectivity index (χ4n) is 3.18. The van der Waals surface area contributed by atoms with Gasteiger partial charge >= 0.3 is 0 Å². The molecule has 1 fully saturated rings. The number of nitrogens with one attached hydrogen (secondary N) is 2. The van der Waals surface area contributed by atoms with E-state index in [1.165, 1.54) is 5.56 Å². The molecule has 1 aliphatic rings. The Morgan fingerprint density at radius 3 is 2.38 bits per heavy atom. The van der Waals surface area contributed by atoms with Crippen LogP contribution in [0.1, 0.15) is 28.8 Å². The predicted octanol–water partition coefficient (Wildman–Crippen LogP) is 4.31. The lowest BCUT2D eigenvalue weighted by atomic mass is 10.0. The number of hydrogen-bond donors (Lipinski definition) is 2. The molecule has 5 heteroatoms. The number of hydrogen-bond acceptors (Lipinski definition) is 3. The summed E-state index contributed by atoms with van der Waals surface area (Å²) in [7, 11) is 0. The van der Waals surface area contributed by atoms with Gasteiger partial charge in [-0.3, -0.25) is 9.59 Å². The van der Waals surface area contributed by atoms with Crippen molar-refractivity contribution >= 4 is 28.3 Å². The molecule has 29 heavy (non-hydrogen) atoms. The molecule has 1 aliphatic carbocycles. The van der Waals surface area contributed by atoms with Gasteiger partial charge in [0.05, 0.1) is 17.8 Å². The lowest BCUT2D eigenvalue weighted by Crippen LogP contribution is -2.29. The molecule has 3 aromatic rings. The minimum Gasteiger partial charge on any atom is -0.492 e. The number of fused-ring (bicyclic) bond motifs is 1. The molecule has 3 aromatic carbocycles. The largest absolute Gasteiger partial charge is 0.492 e. The van der Waals surface area contributed by atoms with Gasteiger partial charge in [0.15, 0.2) is 0 Å². The molecular weight excluding hydrogens is 364 g/mol. The van der Waals surface area contributed by atoms with Crippen LogP contribution in [0.15, 0.2) is 60.7 Å². The van der Waals surface area contributed by atoms with Gasteiger partial charge < -0.3 is 15.4 Å². The average Bonchev–Trinajstić information content (AvgIpc) is 3.57. The summed E-state index contributed by atoms with van der Waals surface area (Å²) in [5.74, 6) is 0.597. The van der Waals surface area contributed by atoms with Crippen LogP contribution in [-0.4, -0.2) is 25.0 Å². The second kappa shape index (κ2) is 8.35. The molecule has 0 atom stereocenters. The molecule has 0 aliphatic heterocycles. The fourth-order valence-corrected chi connectivity index (χ4v) is 3.18. The minimum atomic E-state index is -0.227. The van der Waals surface area contributed by atoms with Gasteiger partial charge in [-0.15, -0.1) is 0 Å². The summed E-state index contributed by atoms with van der Waals surface area (Å²) in [4.78, 5) is 25.1. The molecule has 1 saturated carbocycles. The Morgan fingerprint density at radius 1 is 1.00 bits per heavy atom. The van der Waals surface area contributed by atoms with Gasteiger partial charge in [-0.2, -0.15) is 0 Å². The second-order valence-corrected chi connectivity index (χ2v) is 7.43. The summed E-state index contributed by atoms with van der Waals surface area (Å²) < 4.78 is 5.67.